The number of carbonyl (C=O) groups excluding carboxylic acids is 1. The molecule has 18 heteroatoms. The van der Waals surface area contributed by atoms with E-state index in [9.17, 15) is 61.0 Å². The van der Waals surface area contributed by atoms with Crippen LogP contribution in [0.2, 0.25) is 0 Å². The zero-order valence-electron chi connectivity index (χ0n) is 31.8. The summed E-state index contributed by atoms with van der Waals surface area (Å²) in [7, 11) is 0. The Kier molecular flexibility index (Phi) is 11.9. The second-order valence-corrected chi connectivity index (χ2v) is 18.0. The third kappa shape index (κ3) is 6.69. The van der Waals surface area contributed by atoms with Crippen molar-refractivity contribution in [3.05, 3.63) is 12.2 Å². The van der Waals surface area contributed by atoms with E-state index in [0.29, 0.717) is 44.9 Å². The molecule has 4 saturated carbocycles. The number of fused-ring (bicyclic) bond motifs is 3. The van der Waals surface area contributed by atoms with Crippen molar-refractivity contribution >= 4 is 5.97 Å². The molecule has 21 atom stereocenters. The highest BCUT2D eigenvalue weighted by atomic mass is 16.8. The van der Waals surface area contributed by atoms with Gasteiger partial charge in [0.1, 0.15) is 73.2 Å². The minimum atomic E-state index is -1.81. The average molecular weight is 805 g/mol. The molecule has 16 unspecified atom stereocenters. The first-order chi connectivity index (χ1) is 26.4. The molecule has 3 saturated heterocycles. The average Bonchev–Trinajstić information content (AvgIpc) is 3.37. The van der Waals surface area contributed by atoms with Crippen molar-refractivity contribution in [1.29, 1.82) is 0 Å². The normalized spacial score (nSPS) is 54.6. The third-order valence-corrected chi connectivity index (χ3v) is 15.0. The van der Waals surface area contributed by atoms with E-state index in [0.717, 1.165) is 18.4 Å². The first-order valence-electron chi connectivity index (χ1n) is 19.9. The zero-order chi connectivity index (χ0) is 40.7. The number of aliphatic hydroxyl groups is 11. The molecule has 0 aromatic rings. The number of ether oxygens (including phenoxy) is 6. The van der Waals surface area contributed by atoms with E-state index < -0.39 is 129 Å². The Morgan fingerprint density at radius 2 is 1.21 bits per heavy atom. The number of aliphatic hydroxyl groups excluding tert-OH is 11. The molecule has 3 heterocycles. The maximum absolute atomic E-state index is 14.1. The lowest BCUT2D eigenvalue weighted by molar-refractivity contribution is -0.378. The van der Waals surface area contributed by atoms with Crippen LogP contribution in [0.1, 0.15) is 71.6 Å². The van der Waals surface area contributed by atoms with Crippen LogP contribution in [0.15, 0.2) is 12.2 Å². The molecule has 4 aliphatic carbocycles. The third-order valence-electron chi connectivity index (χ3n) is 15.0. The van der Waals surface area contributed by atoms with Gasteiger partial charge in [-0.05, 0) is 86.5 Å². The van der Waals surface area contributed by atoms with Crippen LogP contribution >= 0.6 is 0 Å². The van der Waals surface area contributed by atoms with Crippen LogP contribution in [0.5, 0.6) is 0 Å². The molecule has 7 aliphatic rings. The fourth-order valence-corrected chi connectivity index (χ4v) is 12.0. The van der Waals surface area contributed by atoms with Crippen molar-refractivity contribution in [3.63, 3.8) is 0 Å². The standard InChI is InChI=1S/C38H60O18/c1-16-11-37-9-5-20-35(2,7-4-8-36(20,3)34(50)55-32-29(49)26(46)23(43)18(13-40)52-32)21(37)6-10-38(16,15-37)56-33-30(27(47)24(44)19(14-41)53-33)54-31-28(48)25(45)22(42)17(12-39)51-31/h17-33,39-49H,1,4-15H2,2-3H3/t17?,18?,19?,20-,21-,22?,23?,24?,25?,26?,27?,28?,29?,30?,31?,32?,33?,35+,36+,37+,38?/m0/s1. The van der Waals surface area contributed by atoms with E-state index in [1.54, 1.807) is 0 Å². The second kappa shape index (κ2) is 15.6. The highest BCUT2D eigenvalue weighted by Crippen LogP contribution is 2.73. The lowest BCUT2D eigenvalue weighted by Gasteiger charge is -2.64. The summed E-state index contributed by atoms with van der Waals surface area (Å²) in [5, 5.41) is 114. The van der Waals surface area contributed by atoms with Crippen LogP contribution in [-0.2, 0) is 33.2 Å². The van der Waals surface area contributed by atoms with Gasteiger partial charge in [-0.2, -0.15) is 0 Å². The fourth-order valence-electron chi connectivity index (χ4n) is 12.0. The molecule has 320 valence electrons. The molecule has 0 radical (unpaired) electrons. The summed E-state index contributed by atoms with van der Waals surface area (Å²) in [4.78, 5) is 14.1. The van der Waals surface area contributed by atoms with Gasteiger partial charge in [0.2, 0.25) is 6.29 Å². The molecule has 18 nitrogen and oxygen atoms in total. The number of rotatable bonds is 9. The predicted octanol–water partition coefficient (Wildman–Crippen LogP) is -2.94. The maximum Gasteiger partial charge on any atom is 0.314 e. The first kappa shape index (κ1) is 42.7. The SMILES string of the molecule is C=C1C[C@@]23CC[C@H]4[C@@](C)(CCC[C@@]4(C)C(=O)OC4OC(CO)C(O)C(O)C4O)[C@@H]2CCC1(OC1OC(CO)C(O)C(O)C1OC1OC(CO)C(O)C(O)C1O)C3. The molecule has 7 rings (SSSR count). The van der Waals surface area contributed by atoms with Gasteiger partial charge in [-0.3, -0.25) is 4.79 Å². The molecule has 7 fully saturated rings. The van der Waals surface area contributed by atoms with Crippen LogP contribution in [0.4, 0.5) is 0 Å². The van der Waals surface area contributed by atoms with Crippen molar-refractivity contribution in [3.8, 4) is 0 Å². The lowest BCUT2D eigenvalue weighted by atomic mass is 9.41. The number of hydrogen-bond donors (Lipinski definition) is 11. The van der Waals surface area contributed by atoms with Gasteiger partial charge in [0.15, 0.2) is 12.6 Å². The van der Waals surface area contributed by atoms with Crippen molar-refractivity contribution in [2.75, 3.05) is 19.8 Å². The van der Waals surface area contributed by atoms with Gasteiger partial charge in [-0.25, -0.2) is 0 Å². The smallest absolute Gasteiger partial charge is 0.314 e. The van der Waals surface area contributed by atoms with Gasteiger partial charge >= 0.3 is 5.97 Å². The first-order valence-corrected chi connectivity index (χ1v) is 19.9. The Labute approximate surface area is 324 Å². The monoisotopic (exact) mass is 804 g/mol. The van der Waals surface area contributed by atoms with E-state index in [1.807, 2.05) is 6.92 Å². The van der Waals surface area contributed by atoms with Crippen LogP contribution < -0.4 is 0 Å². The molecule has 0 aromatic carbocycles. The molecule has 1 spiro atoms. The van der Waals surface area contributed by atoms with E-state index in [2.05, 4.69) is 13.5 Å². The van der Waals surface area contributed by atoms with E-state index in [4.69, 9.17) is 28.4 Å². The minimum Gasteiger partial charge on any atom is -0.432 e. The predicted molar refractivity (Wildman–Crippen MR) is 186 cm³/mol. The minimum absolute atomic E-state index is 0.121. The molecular formula is C38H60O18. The number of carbonyl (C=O) groups is 1. The summed E-state index contributed by atoms with van der Waals surface area (Å²) in [5.41, 5.74) is -1.80. The van der Waals surface area contributed by atoms with Crippen LogP contribution in [-0.4, -0.2) is 180 Å². The molecule has 3 aliphatic heterocycles. The van der Waals surface area contributed by atoms with Crippen molar-refractivity contribution < 1.29 is 89.4 Å². The Morgan fingerprint density at radius 3 is 1.82 bits per heavy atom. The van der Waals surface area contributed by atoms with E-state index >= 15 is 0 Å². The second-order valence-electron chi connectivity index (χ2n) is 18.0. The Bertz CT molecular complexity index is 1450. The maximum atomic E-state index is 14.1. The molecule has 56 heavy (non-hydrogen) atoms. The van der Waals surface area contributed by atoms with Gasteiger partial charge in [0.25, 0.3) is 0 Å². The highest BCUT2D eigenvalue weighted by molar-refractivity contribution is 5.77. The topological polar surface area (TPSA) is 295 Å². The van der Waals surface area contributed by atoms with Crippen molar-refractivity contribution in [1.82, 2.24) is 0 Å². The Balaban J connectivity index is 1.10. The van der Waals surface area contributed by atoms with Crippen LogP contribution in [0.25, 0.3) is 0 Å². The Morgan fingerprint density at radius 1 is 0.679 bits per heavy atom. The molecule has 2 bridgehead atoms. The summed E-state index contributed by atoms with van der Waals surface area (Å²) < 4.78 is 35.6. The van der Waals surface area contributed by atoms with E-state index in [1.165, 1.54) is 0 Å². The fraction of sp³-hybridized carbons (Fsp3) is 0.921. The summed E-state index contributed by atoms with van der Waals surface area (Å²) in [6, 6.07) is 0. The van der Waals surface area contributed by atoms with Crippen molar-refractivity contribution in [2.24, 2.45) is 28.1 Å². The van der Waals surface area contributed by atoms with Crippen LogP contribution in [0, 0.1) is 28.1 Å². The summed E-state index contributed by atoms with van der Waals surface area (Å²) in [6.45, 7) is 6.52. The number of esters is 1. The zero-order valence-corrected chi connectivity index (χ0v) is 31.8. The van der Waals surface area contributed by atoms with Crippen LogP contribution in [0.3, 0.4) is 0 Å². The summed E-state index contributed by atoms with van der Waals surface area (Å²) in [5.74, 6) is -0.591. The molecule has 0 amide bonds. The van der Waals surface area contributed by atoms with Gasteiger partial charge in [0.05, 0.1) is 30.8 Å². The van der Waals surface area contributed by atoms with Gasteiger partial charge in [0, 0.05) is 0 Å². The van der Waals surface area contributed by atoms with E-state index in [-0.39, 0.29) is 22.7 Å². The highest BCUT2D eigenvalue weighted by Gasteiger charge is 2.69. The largest absolute Gasteiger partial charge is 0.432 e. The Hall–Kier alpha value is -1.43. The molecule has 11 N–H and O–H groups in total. The summed E-state index contributed by atoms with van der Waals surface area (Å²) in [6.07, 6.45) is -17.8. The number of hydrogen-bond acceptors (Lipinski definition) is 18. The van der Waals surface area contributed by atoms with Gasteiger partial charge in [-0.1, -0.05) is 19.9 Å². The van der Waals surface area contributed by atoms with Crippen molar-refractivity contribution in [2.45, 2.75) is 169 Å². The lowest BCUT2D eigenvalue weighted by Crippen LogP contribution is -2.65. The van der Waals surface area contributed by atoms with Gasteiger partial charge < -0.3 is 84.6 Å². The quantitative estimate of drug-likeness (QED) is 0.0631. The molecule has 0 aromatic heterocycles. The summed E-state index contributed by atoms with van der Waals surface area (Å²) >= 11 is 0. The molecular weight excluding hydrogens is 744 g/mol. The van der Waals surface area contributed by atoms with Gasteiger partial charge in [-0.15, -0.1) is 0 Å².